The van der Waals surface area contributed by atoms with E-state index in [1.165, 1.54) is 5.56 Å². The average Bonchev–Trinajstić information content (AvgIpc) is 3.12. The van der Waals surface area contributed by atoms with Crippen LogP contribution < -0.4 is 4.74 Å². The Labute approximate surface area is 153 Å². The summed E-state index contributed by atoms with van der Waals surface area (Å²) in [6.07, 6.45) is -0.683. The van der Waals surface area contributed by atoms with Gasteiger partial charge in [0.25, 0.3) is 0 Å². The molecule has 5 nitrogen and oxygen atoms in total. The van der Waals surface area contributed by atoms with Crippen molar-refractivity contribution >= 4 is 0 Å². The van der Waals surface area contributed by atoms with Gasteiger partial charge >= 0.3 is 0 Å². The van der Waals surface area contributed by atoms with Crippen LogP contribution in [0.5, 0.6) is 5.75 Å². The second-order valence-electron chi connectivity index (χ2n) is 6.62. The van der Waals surface area contributed by atoms with Crippen molar-refractivity contribution in [3.63, 3.8) is 0 Å². The van der Waals surface area contributed by atoms with E-state index in [1.807, 2.05) is 59.3 Å². The van der Waals surface area contributed by atoms with Crippen LogP contribution in [0, 0.1) is 0 Å². The van der Waals surface area contributed by atoms with Crippen molar-refractivity contribution in [1.29, 1.82) is 0 Å². The lowest BCUT2D eigenvalue weighted by atomic mass is 10.1. The minimum atomic E-state index is -0.683. The Kier molecular flexibility index (Phi) is 4.73. The van der Waals surface area contributed by atoms with E-state index in [4.69, 9.17) is 4.74 Å². The van der Waals surface area contributed by atoms with Gasteiger partial charge in [0, 0.05) is 25.2 Å². The molecule has 26 heavy (non-hydrogen) atoms. The SMILES string of the molecule is COc1ccccc1CN1CCn2nc([C@@H](O)c3ccccc3)cc2C1. The third-order valence-electron chi connectivity index (χ3n) is 4.88. The molecular weight excluding hydrogens is 326 g/mol. The number of nitrogens with zero attached hydrogens (tertiary/aromatic N) is 3. The van der Waals surface area contributed by atoms with E-state index in [-0.39, 0.29) is 0 Å². The summed E-state index contributed by atoms with van der Waals surface area (Å²) < 4.78 is 7.48. The van der Waals surface area contributed by atoms with E-state index < -0.39 is 6.10 Å². The summed E-state index contributed by atoms with van der Waals surface area (Å²) in [7, 11) is 1.71. The standard InChI is InChI=1S/C21H23N3O2/c1-26-20-10-6-5-9-17(20)14-23-11-12-24-18(15-23)13-19(22-24)21(25)16-7-3-2-4-8-16/h2-10,13,21,25H,11-12,14-15H2,1H3/t21-/m0/s1. The summed E-state index contributed by atoms with van der Waals surface area (Å²) in [6, 6.07) is 19.8. The van der Waals surface area contributed by atoms with Crippen LogP contribution in [0.1, 0.15) is 28.6 Å². The number of para-hydroxylation sites is 1. The third kappa shape index (κ3) is 3.36. The molecule has 0 aliphatic carbocycles. The molecule has 1 aliphatic rings. The molecule has 0 fully saturated rings. The van der Waals surface area contributed by atoms with Crippen molar-refractivity contribution in [3.8, 4) is 5.75 Å². The predicted molar refractivity (Wildman–Crippen MR) is 99.8 cm³/mol. The van der Waals surface area contributed by atoms with Crippen molar-refractivity contribution in [2.45, 2.75) is 25.7 Å². The summed E-state index contributed by atoms with van der Waals surface area (Å²) in [6.45, 7) is 3.40. The van der Waals surface area contributed by atoms with Gasteiger partial charge in [-0.15, -0.1) is 0 Å². The van der Waals surface area contributed by atoms with E-state index in [2.05, 4.69) is 16.1 Å². The predicted octanol–water partition coefficient (Wildman–Crippen LogP) is 2.99. The third-order valence-corrected chi connectivity index (χ3v) is 4.88. The molecule has 0 amide bonds. The van der Waals surface area contributed by atoms with Crippen molar-refractivity contribution < 1.29 is 9.84 Å². The number of hydrogen-bond donors (Lipinski definition) is 1. The van der Waals surface area contributed by atoms with Crippen LogP contribution in [0.2, 0.25) is 0 Å². The fourth-order valence-electron chi connectivity index (χ4n) is 3.49. The average molecular weight is 349 g/mol. The number of aliphatic hydroxyl groups is 1. The first kappa shape index (κ1) is 16.8. The van der Waals surface area contributed by atoms with Crippen molar-refractivity contribution in [2.75, 3.05) is 13.7 Å². The van der Waals surface area contributed by atoms with Crippen molar-refractivity contribution in [2.24, 2.45) is 0 Å². The highest BCUT2D eigenvalue weighted by atomic mass is 16.5. The Morgan fingerprint density at radius 2 is 1.85 bits per heavy atom. The van der Waals surface area contributed by atoms with E-state index in [0.717, 1.165) is 43.2 Å². The zero-order valence-corrected chi connectivity index (χ0v) is 14.9. The number of benzene rings is 2. The first-order chi connectivity index (χ1) is 12.7. The number of aliphatic hydroxyl groups excluding tert-OH is 1. The molecule has 1 aliphatic heterocycles. The molecule has 134 valence electrons. The number of methoxy groups -OCH3 is 1. The monoisotopic (exact) mass is 349 g/mol. The van der Waals surface area contributed by atoms with Gasteiger partial charge in [-0.2, -0.15) is 5.10 Å². The normalized spacial score (nSPS) is 15.5. The summed E-state index contributed by atoms with van der Waals surface area (Å²) in [5.41, 5.74) is 3.91. The molecule has 2 heterocycles. The van der Waals surface area contributed by atoms with E-state index in [9.17, 15) is 5.11 Å². The molecule has 3 aromatic rings. The molecule has 0 bridgehead atoms. The quantitative estimate of drug-likeness (QED) is 0.769. The maximum absolute atomic E-state index is 10.6. The Morgan fingerprint density at radius 1 is 1.08 bits per heavy atom. The molecule has 0 spiro atoms. The van der Waals surface area contributed by atoms with Gasteiger partial charge in [-0.1, -0.05) is 48.5 Å². The lowest BCUT2D eigenvalue weighted by molar-refractivity contribution is 0.198. The molecule has 1 atom stereocenters. The van der Waals surface area contributed by atoms with Crippen molar-refractivity contribution in [3.05, 3.63) is 83.2 Å². The maximum atomic E-state index is 10.6. The second kappa shape index (κ2) is 7.32. The molecule has 4 rings (SSSR count). The highest BCUT2D eigenvalue weighted by Crippen LogP contribution is 2.25. The Morgan fingerprint density at radius 3 is 2.65 bits per heavy atom. The molecule has 0 saturated heterocycles. The minimum absolute atomic E-state index is 0.683. The van der Waals surface area contributed by atoms with Gasteiger partial charge in [0.05, 0.1) is 25.0 Å². The molecule has 0 radical (unpaired) electrons. The van der Waals surface area contributed by atoms with E-state index >= 15 is 0 Å². The molecule has 1 N–H and O–H groups in total. The molecule has 0 saturated carbocycles. The lowest BCUT2D eigenvalue weighted by Gasteiger charge is -2.28. The first-order valence-electron chi connectivity index (χ1n) is 8.88. The summed E-state index contributed by atoms with van der Waals surface area (Å²) in [5, 5.41) is 15.2. The summed E-state index contributed by atoms with van der Waals surface area (Å²) in [5.74, 6) is 0.923. The molecular formula is C21H23N3O2. The van der Waals surface area contributed by atoms with Gasteiger partial charge in [-0.05, 0) is 17.7 Å². The Balaban J connectivity index is 1.50. The van der Waals surface area contributed by atoms with Crippen LogP contribution in [0.15, 0.2) is 60.7 Å². The smallest absolute Gasteiger partial charge is 0.123 e. The van der Waals surface area contributed by atoms with Gasteiger partial charge in [0.2, 0.25) is 0 Å². The fraction of sp³-hybridized carbons (Fsp3) is 0.286. The molecule has 0 unspecified atom stereocenters. The first-order valence-corrected chi connectivity index (χ1v) is 8.88. The minimum Gasteiger partial charge on any atom is -0.496 e. The topological polar surface area (TPSA) is 50.5 Å². The van der Waals surface area contributed by atoms with Crippen LogP contribution in [-0.4, -0.2) is 33.4 Å². The van der Waals surface area contributed by atoms with E-state index in [0.29, 0.717) is 5.69 Å². The largest absolute Gasteiger partial charge is 0.496 e. The van der Waals surface area contributed by atoms with Crippen LogP contribution in [0.3, 0.4) is 0 Å². The summed E-state index contributed by atoms with van der Waals surface area (Å²) in [4.78, 5) is 2.38. The molecule has 5 heteroatoms. The zero-order valence-electron chi connectivity index (χ0n) is 14.9. The van der Waals surface area contributed by atoms with Crippen LogP contribution in [0.25, 0.3) is 0 Å². The number of hydrogen-bond acceptors (Lipinski definition) is 4. The summed E-state index contributed by atoms with van der Waals surface area (Å²) >= 11 is 0. The van der Waals surface area contributed by atoms with Gasteiger partial charge in [0.15, 0.2) is 0 Å². The highest BCUT2D eigenvalue weighted by Gasteiger charge is 2.22. The van der Waals surface area contributed by atoms with Gasteiger partial charge < -0.3 is 9.84 Å². The highest BCUT2D eigenvalue weighted by molar-refractivity contribution is 5.33. The number of rotatable bonds is 5. The maximum Gasteiger partial charge on any atom is 0.123 e. The lowest BCUT2D eigenvalue weighted by Crippen LogP contribution is -2.33. The number of fused-ring (bicyclic) bond motifs is 1. The Bertz CT molecular complexity index is 876. The van der Waals surface area contributed by atoms with Crippen LogP contribution >= 0.6 is 0 Å². The fourth-order valence-corrected chi connectivity index (χ4v) is 3.49. The van der Waals surface area contributed by atoms with E-state index in [1.54, 1.807) is 7.11 Å². The number of ether oxygens (including phenoxy) is 1. The number of aromatic nitrogens is 2. The van der Waals surface area contributed by atoms with Crippen LogP contribution in [0.4, 0.5) is 0 Å². The second-order valence-corrected chi connectivity index (χ2v) is 6.62. The van der Waals surface area contributed by atoms with Gasteiger partial charge in [-0.3, -0.25) is 9.58 Å². The molecule has 1 aromatic heterocycles. The van der Waals surface area contributed by atoms with Crippen molar-refractivity contribution in [1.82, 2.24) is 14.7 Å². The zero-order chi connectivity index (χ0) is 17.9. The van der Waals surface area contributed by atoms with Crippen LogP contribution in [-0.2, 0) is 19.6 Å². The van der Waals surface area contributed by atoms with Gasteiger partial charge in [0.1, 0.15) is 11.9 Å². The molecule has 2 aromatic carbocycles. The Hall–Kier alpha value is -2.63. The van der Waals surface area contributed by atoms with Gasteiger partial charge in [-0.25, -0.2) is 0 Å².